The molecule has 2 aromatic rings. The zero-order chi connectivity index (χ0) is 36.1. The number of aromatic nitrogens is 2. The third kappa shape index (κ3) is 4.87. The molecule has 1 amide bonds. The Hall–Kier alpha value is -2.96. The molecule has 6 aliphatic rings. The first-order valence-corrected chi connectivity index (χ1v) is 20.3. The Balaban J connectivity index is 1.16. The van der Waals surface area contributed by atoms with Crippen LogP contribution in [0.15, 0.2) is 47.0 Å². The van der Waals surface area contributed by atoms with Crippen LogP contribution < -0.4 is 0 Å². The molecule has 2 heterocycles. The molecule has 0 spiro atoms. The predicted octanol–water partition coefficient (Wildman–Crippen LogP) is 9.85. The van der Waals surface area contributed by atoms with Crippen molar-refractivity contribution in [2.24, 2.45) is 63.1 Å². The van der Waals surface area contributed by atoms with E-state index in [0.717, 1.165) is 56.6 Å². The van der Waals surface area contributed by atoms with Gasteiger partial charge in [0.2, 0.25) is 17.6 Å². The van der Waals surface area contributed by atoms with Crippen molar-refractivity contribution < 1.29 is 18.8 Å². The van der Waals surface area contributed by atoms with Crippen LogP contribution in [0.1, 0.15) is 131 Å². The first-order valence-electron chi connectivity index (χ1n) is 20.3. The zero-order valence-corrected chi connectivity index (χ0v) is 32.2. The van der Waals surface area contributed by atoms with E-state index in [4.69, 9.17) is 14.2 Å². The fourth-order valence-corrected chi connectivity index (χ4v) is 14.6. The number of ether oxygens (including phenoxy) is 1. The van der Waals surface area contributed by atoms with Crippen molar-refractivity contribution in [1.29, 1.82) is 0 Å². The molecule has 7 heteroatoms. The molecule has 11 atom stereocenters. The lowest BCUT2D eigenvalue weighted by Crippen LogP contribution is -2.73. The molecule has 5 aliphatic carbocycles. The number of benzene rings is 1. The van der Waals surface area contributed by atoms with Crippen LogP contribution in [-0.2, 0) is 14.3 Å². The summed E-state index contributed by atoms with van der Waals surface area (Å²) in [7, 11) is 0. The van der Waals surface area contributed by atoms with E-state index < -0.39 is 5.41 Å². The second-order valence-electron chi connectivity index (χ2n) is 19.0. The van der Waals surface area contributed by atoms with Crippen LogP contribution in [-0.4, -0.2) is 39.6 Å². The Morgan fingerprint density at radius 3 is 2.35 bits per heavy atom. The molecule has 5 saturated carbocycles. The summed E-state index contributed by atoms with van der Waals surface area (Å²) in [6.07, 6.45) is 11.9. The molecule has 0 radical (unpaired) electrons. The first kappa shape index (κ1) is 35.1. The van der Waals surface area contributed by atoms with E-state index in [1.165, 1.54) is 37.7 Å². The Morgan fingerprint density at radius 2 is 1.63 bits per heavy atom. The van der Waals surface area contributed by atoms with Gasteiger partial charge >= 0.3 is 5.97 Å². The van der Waals surface area contributed by atoms with Crippen LogP contribution in [0, 0.1) is 63.1 Å². The molecule has 0 bridgehead atoms. The molecular weight excluding hydrogens is 635 g/mol. The van der Waals surface area contributed by atoms with Gasteiger partial charge in [0, 0.05) is 19.0 Å². The maximum atomic E-state index is 16.0. The van der Waals surface area contributed by atoms with E-state index in [9.17, 15) is 4.79 Å². The number of fused-ring (bicyclic) bond motifs is 7. The van der Waals surface area contributed by atoms with E-state index in [0.29, 0.717) is 53.1 Å². The summed E-state index contributed by atoms with van der Waals surface area (Å²) >= 11 is 0. The standard InChI is InChI=1S/C44H61N3O4/c1-26(2)34-22-23-44(40(49)47-24-12-15-36(47)39-45-38(46-51-39)28-13-10-9-11-14-28)42(6,7)41(4,5)37-33-18-16-29-25-30(50-27(3)48)17-19-31(29)32(33)20-21-35(37)43(34,44)8/h9-11,13-14,29-37H,1,12,15-25H2,2-8H3/t29?,30?,31?,32?,33?,34?,35?,36-,37?,43?,44?/m1/s1. The normalized spacial score (nSPS) is 40.8. The van der Waals surface area contributed by atoms with Crippen LogP contribution in [0.5, 0.6) is 0 Å². The zero-order valence-electron chi connectivity index (χ0n) is 32.2. The van der Waals surface area contributed by atoms with Crippen molar-refractivity contribution >= 4 is 11.9 Å². The number of carbonyl (C=O) groups excluding carboxylic acids is 2. The van der Waals surface area contributed by atoms with Gasteiger partial charge in [-0.05, 0) is 135 Å². The van der Waals surface area contributed by atoms with Gasteiger partial charge in [0.25, 0.3) is 0 Å². The molecule has 7 nitrogen and oxygen atoms in total. The van der Waals surface area contributed by atoms with Gasteiger partial charge in [-0.3, -0.25) is 9.59 Å². The van der Waals surface area contributed by atoms with Gasteiger partial charge in [0.15, 0.2) is 0 Å². The number of hydrogen-bond acceptors (Lipinski definition) is 6. The molecule has 8 rings (SSSR count). The van der Waals surface area contributed by atoms with E-state index in [1.807, 2.05) is 30.3 Å². The minimum absolute atomic E-state index is 0.0535. The summed E-state index contributed by atoms with van der Waals surface area (Å²) in [5, 5.41) is 4.38. The van der Waals surface area contributed by atoms with Gasteiger partial charge in [-0.2, -0.15) is 4.98 Å². The summed E-state index contributed by atoms with van der Waals surface area (Å²) in [6, 6.07) is 9.78. The highest BCUT2D eigenvalue weighted by molar-refractivity contribution is 5.86. The van der Waals surface area contributed by atoms with Gasteiger partial charge in [-0.1, -0.05) is 82.3 Å². The lowest BCUT2D eigenvalue weighted by molar-refractivity contribution is -0.262. The topological polar surface area (TPSA) is 85.5 Å². The van der Waals surface area contributed by atoms with Crippen LogP contribution in [0.25, 0.3) is 11.4 Å². The smallest absolute Gasteiger partial charge is 0.302 e. The number of carbonyl (C=O) groups is 2. The van der Waals surface area contributed by atoms with Crippen molar-refractivity contribution in [3.8, 4) is 11.4 Å². The highest BCUT2D eigenvalue weighted by Gasteiger charge is 2.79. The summed E-state index contributed by atoms with van der Waals surface area (Å²) in [6.45, 7) is 21.8. The number of hydrogen-bond donors (Lipinski definition) is 0. The second-order valence-corrected chi connectivity index (χ2v) is 19.0. The molecule has 1 aromatic heterocycles. The number of esters is 1. The highest BCUT2D eigenvalue weighted by atomic mass is 16.5. The van der Waals surface area contributed by atoms with Crippen molar-refractivity contribution in [3.05, 3.63) is 48.4 Å². The molecule has 10 unspecified atom stereocenters. The maximum absolute atomic E-state index is 16.0. The van der Waals surface area contributed by atoms with Crippen LogP contribution in [0.3, 0.4) is 0 Å². The van der Waals surface area contributed by atoms with Crippen LogP contribution >= 0.6 is 0 Å². The largest absolute Gasteiger partial charge is 0.463 e. The molecule has 276 valence electrons. The molecule has 1 saturated heterocycles. The van der Waals surface area contributed by atoms with Crippen molar-refractivity contribution in [3.63, 3.8) is 0 Å². The molecular formula is C44H61N3O4. The minimum atomic E-state index is -0.536. The third-order valence-corrected chi connectivity index (χ3v) is 17.0. The number of amides is 1. The van der Waals surface area contributed by atoms with Crippen molar-refractivity contribution in [1.82, 2.24) is 15.0 Å². The van der Waals surface area contributed by atoms with Crippen LogP contribution in [0.2, 0.25) is 0 Å². The average molecular weight is 696 g/mol. The van der Waals surface area contributed by atoms with E-state index in [-0.39, 0.29) is 34.4 Å². The maximum Gasteiger partial charge on any atom is 0.302 e. The summed E-state index contributed by atoms with van der Waals surface area (Å²) in [5.74, 6) is 5.41. The number of likely N-dealkylation sites (tertiary alicyclic amines) is 1. The second kappa shape index (κ2) is 12.3. The lowest BCUT2D eigenvalue weighted by atomic mass is 9.30. The fraction of sp³-hybridized carbons (Fsp3) is 0.727. The van der Waals surface area contributed by atoms with Gasteiger partial charge in [-0.15, -0.1) is 0 Å². The average Bonchev–Trinajstić information content (AvgIpc) is 3.85. The Kier molecular flexibility index (Phi) is 8.46. The Bertz CT molecular complexity index is 1680. The van der Waals surface area contributed by atoms with Gasteiger partial charge in [-0.25, -0.2) is 0 Å². The molecule has 0 N–H and O–H groups in total. The van der Waals surface area contributed by atoms with Gasteiger partial charge < -0.3 is 14.2 Å². The first-order chi connectivity index (χ1) is 24.2. The summed E-state index contributed by atoms with van der Waals surface area (Å²) in [4.78, 5) is 34.9. The van der Waals surface area contributed by atoms with Gasteiger partial charge in [0.05, 0.1) is 5.41 Å². The summed E-state index contributed by atoms with van der Waals surface area (Å²) in [5.41, 5.74) is 1.12. The van der Waals surface area contributed by atoms with E-state index in [1.54, 1.807) is 6.92 Å². The third-order valence-electron chi connectivity index (χ3n) is 17.0. The molecule has 1 aromatic carbocycles. The van der Waals surface area contributed by atoms with Crippen molar-refractivity contribution in [2.45, 2.75) is 131 Å². The highest BCUT2D eigenvalue weighted by Crippen LogP contribution is 2.81. The van der Waals surface area contributed by atoms with E-state index in [2.05, 4.69) is 58.2 Å². The van der Waals surface area contributed by atoms with Crippen molar-refractivity contribution in [2.75, 3.05) is 6.54 Å². The SMILES string of the molecule is C=C(C)C1CCC2(C(=O)N3CCC[C@@H]3c3nc(-c4ccccc4)no3)C1(C)C1CCC3C4CCC(OC(C)=O)CC4CCC3C1C(C)(C)C2(C)C. The Morgan fingerprint density at radius 1 is 0.902 bits per heavy atom. The van der Waals surface area contributed by atoms with Gasteiger partial charge in [0.1, 0.15) is 12.1 Å². The molecule has 51 heavy (non-hydrogen) atoms. The number of allylic oxidation sites excluding steroid dienone is 1. The van der Waals surface area contributed by atoms with E-state index >= 15 is 4.79 Å². The monoisotopic (exact) mass is 695 g/mol. The molecule has 1 aliphatic heterocycles. The minimum Gasteiger partial charge on any atom is -0.463 e. The number of rotatable bonds is 5. The predicted molar refractivity (Wildman–Crippen MR) is 198 cm³/mol. The summed E-state index contributed by atoms with van der Waals surface area (Å²) < 4.78 is 11.7. The quantitative estimate of drug-likeness (QED) is 0.229. The Labute approximate surface area is 305 Å². The lowest BCUT2D eigenvalue weighted by Gasteiger charge is -2.74. The number of nitrogens with zero attached hydrogens (tertiary/aromatic N) is 3. The molecule has 6 fully saturated rings. The fourth-order valence-electron chi connectivity index (χ4n) is 14.6. The van der Waals surface area contributed by atoms with Crippen LogP contribution in [0.4, 0.5) is 0 Å².